The largest absolute Gasteiger partial charge is 0.497 e. The Labute approximate surface area is 110 Å². The predicted octanol–water partition coefficient (Wildman–Crippen LogP) is 0.367. The zero-order valence-electron chi connectivity index (χ0n) is 10.8. The number of hydrogen-bond donors (Lipinski definition) is 2. The molecule has 3 N–H and O–H groups in total. The lowest BCUT2D eigenvalue weighted by atomic mass is 9.98. The first-order valence-corrected chi connectivity index (χ1v) is 5.67. The number of ketones is 2. The van der Waals surface area contributed by atoms with Crippen LogP contribution in [0.25, 0.3) is 0 Å². The van der Waals surface area contributed by atoms with Crippen LogP contribution in [-0.4, -0.2) is 31.1 Å². The van der Waals surface area contributed by atoms with E-state index in [1.165, 1.54) is 14.0 Å². The smallest absolute Gasteiger partial charge is 0.242 e. The van der Waals surface area contributed by atoms with Crippen LogP contribution in [0.2, 0.25) is 0 Å². The number of ether oxygens (including phenoxy) is 1. The van der Waals surface area contributed by atoms with Crippen LogP contribution in [0, 0.1) is 5.92 Å². The molecule has 6 nitrogen and oxygen atoms in total. The summed E-state index contributed by atoms with van der Waals surface area (Å²) in [5.41, 5.74) is 5.66. The average molecular weight is 264 g/mol. The first-order chi connectivity index (χ1) is 8.99. The molecule has 0 heterocycles. The predicted molar refractivity (Wildman–Crippen MR) is 69.9 cm³/mol. The zero-order valence-corrected chi connectivity index (χ0v) is 10.8. The minimum absolute atomic E-state index is 0.347. The summed E-state index contributed by atoms with van der Waals surface area (Å²) in [6.45, 7) is 0.839. The van der Waals surface area contributed by atoms with Crippen LogP contribution in [0.4, 0.5) is 5.69 Å². The maximum atomic E-state index is 11.9. The first kappa shape index (κ1) is 14.8. The normalized spacial score (nSPS) is 11.5. The maximum Gasteiger partial charge on any atom is 0.242 e. The van der Waals surface area contributed by atoms with E-state index in [4.69, 9.17) is 10.5 Å². The third-order valence-corrected chi connectivity index (χ3v) is 2.55. The highest BCUT2D eigenvalue weighted by Gasteiger charge is 2.29. The van der Waals surface area contributed by atoms with Gasteiger partial charge in [0.2, 0.25) is 5.91 Å². The maximum absolute atomic E-state index is 11.9. The van der Waals surface area contributed by atoms with Gasteiger partial charge in [-0.15, -0.1) is 0 Å². The van der Waals surface area contributed by atoms with Crippen LogP contribution < -0.4 is 15.8 Å². The van der Waals surface area contributed by atoms with Crippen LogP contribution in [0.5, 0.6) is 5.75 Å². The summed E-state index contributed by atoms with van der Waals surface area (Å²) >= 11 is 0. The molecule has 0 radical (unpaired) electrons. The molecule has 1 unspecified atom stereocenters. The van der Waals surface area contributed by atoms with Gasteiger partial charge >= 0.3 is 0 Å². The Morgan fingerprint density at radius 2 is 1.84 bits per heavy atom. The number of carbonyl (C=O) groups is 3. The number of hydrogen-bond acceptors (Lipinski definition) is 5. The van der Waals surface area contributed by atoms with E-state index in [0.717, 1.165) is 0 Å². The third-order valence-electron chi connectivity index (χ3n) is 2.55. The first-order valence-electron chi connectivity index (χ1n) is 5.67. The second kappa shape index (κ2) is 6.65. The van der Waals surface area contributed by atoms with Crippen molar-refractivity contribution in [2.24, 2.45) is 11.7 Å². The number of benzene rings is 1. The molecule has 0 saturated carbocycles. The molecular formula is C13H16N2O4. The van der Waals surface area contributed by atoms with E-state index in [0.29, 0.717) is 11.4 Å². The summed E-state index contributed by atoms with van der Waals surface area (Å²) in [5.74, 6) is -2.51. The van der Waals surface area contributed by atoms with Gasteiger partial charge in [0.05, 0.1) is 13.7 Å². The minimum atomic E-state index is -1.35. The van der Waals surface area contributed by atoms with E-state index >= 15 is 0 Å². The number of nitrogens with one attached hydrogen (secondary N) is 1. The van der Waals surface area contributed by atoms with Crippen molar-refractivity contribution in [3.05, 3.63) is 24.3 Å². The van der Waals surface area contributed by atoms with Gasteiger partial charge in [0, 0.05) is 5.69 Å². The van der Waals surface area contributed by atoms with E-state index in [-0.39, 0.29) is 6.54 Å². The van der Waals surface area contributed by atoms with E-state index < -0.39 is 23.4 Å². The summed E-state index contributed by atoms with van der Waals surface area (Å²) in [4.78, 5) is 34.6. The molecule has 1 aromatic carbocycles. The van der Waals surface area contributed by atoms with Crippen molar-refractivity contribution in [2.75, 3.05) is 19.0 Å². The van der Waals surface area contributed by atoms with Gasteiger partial charge in [-0.05, 0) is 31.2 Å². The standard InChI is InChI=1S/C13H16N2O4/c1-8(16)12(11(17)7-14)13(18)15-9-3-5-10(19-2)6-4-9/h3-6,12H,7,14H2,1-2H3,(H,15,18). The molecule has 102 valence electrons. The third kappa shape index (κ3) is 3.89. The second-order valence-corrected chi connectivity index (χ2v) is 3.93. The highest BCUT2D eigenvalue weighted by molar-refractivity contribution is 6.21. The van der Waals surface area contributed by atoms with Crippen molar-refractivity contribution in [3.63, 3.8) is 0 Å². The molecule has 0 spiro atoms. The molecule has 0 aliphatic heterocycles. The Morgan fingerprint density at radius 3 is 2.26 bits per heavy atom. The number of methoxy groups -OCH3 is 1. The van der Waals surface area contributed by atoms with Gasteiger partial charge in [0.15, 0.2) is 11.7 Å². The summed E-state index contributed by atoms with van der Waals surface area (Å²) < 4.78 is 4.98. The van der Waals surface area contributed by atoms with E-state index in [2.05, 4.69) is 5.32 Å². The minimum Gasteiger partial charge on any atom is -0.497 e. The van der Waals surface area contributed by atoms with Crippen molar-refractivity contribution in [1.29, 1.82) is 0 Å². The van der Waals surface area contributed by atoms with Crippen molar-refractivity contribution in [1.82, 2.24) is 0 Å². The lowest BCUT2D eigenvalue weighted by Crippen LogP contribution is -2.38. The quantitative estimate of drug-likeness (QED) is 0.723. The highest BCUT2D eigenvalue weighted by atomic mass is 16.5. The molecule has 1 aromatic rings. The summed E-state index contributed by atoms with van der Waals surface area (Å²) in [7, 11) is 1.53. The molecule has 0 aliphatic carbocycles. The highest BCUT2D eigenvalue weighted by Crippen LogP contribution is 2.16. The van der Waals surface area contributed by atoms with Crippen molar-refractivity contribution in [2.45, 2.75) is 6.92 Å². The van der Waals surface area contributed by atoms with Gasteiger partial charge < -0.3 is 15.8 Å². The number of nitrogens with two attached hydrogens (primary N) is 1. The molecule has 0 fully saturated rings. The topological polar surface area (TPSA) is 98.5 Å². The Kier molecular flexibility index (Phi) is 5.20. The van der Waals surface area contributed by atoms with Crippen LogP contribution in [-0.2, 0) is 14.4 Å². The fourth-order valence-electron chi connectivity index (χ4n) is 1.56. The molecule has 0 bridgehead atoms. The molecule has 6 heteroatoms. The number of carbonyl (C=O) groups excluding carboxylic acids is 3. The lowest BCUT2D eigenvalue weighted by molar-refractivity contribution is -0.137. The van der Waals surface area contributed by atoms with Crippen LogP contribution >= 0.6 is 0 Å². The molecule has 0 saturated heterocycles. The van der Waals surface area contributed by atoms with E-state index in [1.54, 1.807) is 24.3 Å². The van der Waals surface area contributed by atoms with Gasteiger partial charge in [0.25, 0.3) is 0 Å². The summed E-state index contributed by atoms with van der Waals surface area (Å²) in [6.07, 6.45) is 0. The fraction of sp³-hybridized carbons (Fsp3) is 0.308. The average Bonchev–Trinajstić information content (AvgIpc) is 2.39. The molecule has 0 aromatic heterocycles. The van der Waals surface area contributed by atoms with Crippen molar-refractivity contribution >= 4 is 23.2 Å². The van der Waals surface area contributed by atoms with Crippen LogP contribution in [0.15, 0.2) is 24.3 Å². The van der Waals surface area contributed by atoms with E-state index in [1.807, 2.05) is 0 Å². The number of amides is 1. The molecule has 1 rings (SSSR count). The van der Waals surface area contributed by atoms with E-state index in [9.17, 15) is 14.4 Å². The van der Waals surface area contributed by atoms with Crippen molar-refractivity contribution < 1.29 is 19.1 Å². The lowest BCUT2D eigenvalue weighted by Gasteiger charge is -2.12. The molecule has 19 heavy (non-hydrogen) atoms. The SMILES string of the molecule is COc1ccc(NC(=O)C(C(C)=O)C(=O)CN)cc1. The van der Waals surface area contributed by atoms with Gasteiger partial charge in [-0.3, -0.25) is 14.4 Å². The Hall–Kier alpha value is -2.21. The summed E-state index contributed by atoms with van der Waals surface area (Å²) in [5, 5.41) is 2.50. The number of anilines is 1. The molecule has 1 amide bonds. The zero-order chi connectivity index (χ0) is 14.4. The van der Waals surface area contributed by atoms with Gasteiger partial charge in [-0.1, -0.05) is 0 Å². The Morgan fingerprint density at radius 1 is 1.26 bits per heavy atom. The Balaban J connectivity index is 2.81. The van der Waals surface area contributed by atoms with Crippen molar-refractivity contribution in [3.8, 4) is 5.75 Å². The summed E-state index contributed by atoms with van der Waals surface area (Å²) in [6, 6.07) is 6.54. The Bertz CT molecular complexity index is 482. The fourth-order valence-corrected chi connectivity index (χ4v) is 1.56. The molecular weight excluding hydrogens is 248 g/mol. The monoisotopic (exact) mass is 264 g/mol. The van der Waals surface area contributed by atoms with Gasteiger partial charge in [-0.25, -0.2) is 0 Å². The second-order valence-electron chi connectivity index (χ2n) is 3.93. The van der Waals surface area contributed by atoms with Crippen LogP contribution in [0.3, 0.4) is 0 Å². The van der Waals surface area contributed by atoms with Crippen LogP contribution in [0.1, 0.15) is 6.92 Å². The molecule has 1 atom stereocenters. The number of rotatable bonds is 6. The molecule has 0 aliphatic rings. The van der Waals surface area contributed by atoms with Gasteiger partial charge in [-0.2, -0.15) is 0 Å². The number of Topliss-reactive ketones (excluding diaryl/α,β-unsaturated/α-hetero) is 2. The van der Waals surface area contributed by atoms with Gasteiger partial charge in [0.1, 0.15) is 11.5 Å².